The quantitative estimate of drug-likeness (QED) is 0.588. The molecule has 6 nitrogen and oxygen atoms in total. The first-order valence-electron chi connectivity index (χ1n) is 8.92. The molecular weight excluding hydrogens is 364 g/mol. The molecule has 0 radical (unpaired) electrons. The third-order valence-electron chi connectivity index (χ3n) is 4.98. The van der Waals surface area contributed by atoms with Crippen LogP contribution in [0.3, 0.4) is 0 Å². The molecule has 140 valence electrons. The number of piperidine rings is 1. The van der Waals surface area contributed by atoms with E-state index in [1.165, 1.54) is 0 Å². The molecule has 2 aliphatic heterocycles. The van der Waals surface area contributed by atoms with Gasteiger partial charge in [0, 0.05) is 18.7 Å². The van der Waals surface area contributed by atoms with Gasteiger partial charge in [-0.15, -0.1) is 4.40 Å². The summed E-state index contributed by atoms with van der Waals surface area (Å²) in [5.41, 5.74) is 1.74. The number of carbonyl (C=O) groups excluding carboxylic acids is 1. The van der Waals surface area contributed by atoms with Gasteiger partial charge in [-0.2, -0.15) is 8.42 Å². The first kappa shape index (κ1) is 17.7. The number of esters is 1. The Morgan fingerprint density at radius 3 is 2.44 bits per heavy atom. The molecule has 0 bridgehead atoms. The molecule has 1 saturated heterocycles. The molecule has 0 unspecified atom stereocenters. The fourth-order valence-corrected chi connectivity index (χ4v) is 4.68. The van der Waals surface area contributed by atoms with E-state index >= 15 is 0 Å². The number of nitrogens with zero attached hydrogens (tertiary/aromatic N) is 2. The molecule has 2 aromatic rings. The molecule has 0 aliphatic carbocycles. The number of hydrogen-bond donors (Lipinski definition) is 0. The smallest absolute Gasteiger partial charge is 0.314 e. The average Bonchev–Trinajstić information content (AvgIpc) is 2.95. The van der Waals surface area contributed by atoms with Crippen LogP contribution in [0.5, 0.6) is 5.75 Å². The van der Waals surface area contributed by atoms with Gasteiger partial charge in [-0.05, 0) is 44.0 Å². The number of hydrogen-bond acceptors (Lipinski definition) is 5. The molecular formula is C20H20N2O4S. The van der Waals surface area contributed by atoms with E-state index in [0.717, 1.165) is 5.56 Å². The normalized spacial score (nSPS) is 18.7. The van der Waals surface area contributed by atoms with Gasteiger partial charge in [0.05, 0.1) is 5.92 Å². The maximum absolute atomic E-state index is 12.4. The monoisotopic (exact) mass is 384 g/mol. The maximum atomic E-state index is 12.4. The predicted molar refractivity (Wildman–Crippen MR) is 101 cm³/mol. The molecule has 27 heavy (non-hydrogen) atoms. The van der Waals surface area contributed by atoms with E-state index < -0.39 is 10.0 Å². The highest BCUT2D eigenvalue weighted by Gasteiger charge is 2.34. The van der Waals surface area contributed by atoms with Crippen LogP contribution in [0.1, 0.15) is 24.0 Å². The van der Waals surface area contributed by atoms with E-state index in [1.54, 1.807) is 36.4 Å². The molecule has 7 heteroatoms. The van der Waals surface area contributed by atoms with Crippen LogP contribution in [-0.2, 0) is 14.8 Å². The van der Waals surface area contributed by atoms with Crippen LogP contribution >= 0.6 is 0 Å². The molecule has 1 fully saturated rings. The second-order valence-electron chi connectivity index (χ2n) is 6.88. The molecule has 0 spiro atoms. The van der Waals surface area contributed by atoms with Gasteiger partial charge in [0.15, 0.2) is 5.84 Å². The molecule has 0 saturated carbocycles. The van der Waals surface area contributed by atoms with Crippen LogP contribution < -0.4 is 4.74 Å². The summed E-state index contributed by atoms with van der Waals surface area (Å²) in [6.45, 7) is 3.11. The third kappa shape index (κ3) is 3.47. The highest BCUT2D eigenvalue weighted by molar-refractivity contribution is 7.90. The van der Waals surface area contributed by atoms with Crippen LogP contribution in [0.15, 0.2) is 57.8 Å². The first-order valence-corrected chi connectivity index (χ1v) is 10.4. The van der Waals surface area contributed by atoms with Crippen molar-refractivity contribution in [2.75, 3.05) is 13.1 Å². The summed E-state index contributed by atoms with van der Waals surface area (Å²) in [7, 11) is -3.62. The molecule has 2 aliphatic rings. The lowest BCUT2D eigenvalue weighted by Crippen LogP contribution is -2.41. The van der Waals surface area contributed by atoms with Gasteiger partial charge >= 0.3 is 5.97 Å². The highest BCUT2D eigenvalue weighted by atomic mass is 32.2. The van der Waals surface area contributed by atoms with Crippen LogP contribution in [-0.4, -0.2) is 38.2 Å². The Morgan fingerprint density at radius 1 is 1.07 bits per heavy atom. The van der Waals surface area contributed by atoms with Gasteiger partial charge < -0.3 is 9.64 Å². The number of fused-ring (bicyclic) bond motifs is 1. The van der Waals surface area contributed by atoms with E-state index in [4.69, 9.17) is 4.74 Å². The third-order valence-corrected chi connectivity index (χ3v) is 6.30. The molecule has 0 aromatic heterocycles. The second-order valence-corrected chi connectivity index (χ2v) is 8.45. The highest BCUT2D eigenvalue weighted by Crippen LogP contribution is 2.30. The lowest BCUT2D eigenvalue weighted by atomic mass is 9.96. The largest absolute Gasteiger partial charge is 0.426 e. The summed E-state index contributed by atoms with van der Waals surface area (Å²) in [4.78, 5) is 14.6. The number of ether oxygens (including phenoxy) is 1. The summed E-state index contributed by atoms with van der Waals surface area (Å²) in [6.07, 6.45) is 1.21. The summed E-state index contributed by atoms with van der Waals surface area (Å²) in [5.74, 6) is 0.598. The van der Waals surface area contributed by atoms with Crippen molar-refractivity contribution in [3.05, 3.63) is 59.7 Å². The second kappa shape index (κ2) is 6.81. The van der Waals surface area contributed by atoms with Gasteiger partial charge in [-0.3, -0.25) is 4.79 Å². The Morgan fingerprint density at radius 2 is 1.74 bits per heavy atom. The average molecular weight is 384 g/mol. The predicted octanol–water partition coefficient (Wildman–Crippen LogP) is 2.76. The molecule has 4 rings (SSSR count). The Kier molecular flexibility index (Phi) is 4.47. The zero-order valence-corrected chi connectivity index (χ0v) is 15.8. The molecule has 0 atom stereocenters. The van der Waals surface area contributed by atoms with Crippen molar-refractivity contribution in [3.8, 4) is 5.75 Å². The van der Waals surface area contributed by atoms with Gasteiger partial charge in [0.1, 0.15) is 10.6 Å². The summed E-state index contributed by atoms with van der Waals surface area (Å²) in [6, 6.07) is 14.2. The van der Waals surface area contributed by atoms with Crippen molar-refractivity contribution in [2.45, 2.75) is 24.7 Å². The van der Waals surface area contributed by atoms with Gasteiger partial charge in [-0.25, -0.2) is 0 Å². The number of likely N-dealkylation sites (tertiary alicyclic amines) is 1. The number of sulfonamides is 1. The minimum atomic E-state index is -3.62. The molecule has 2 heterocycles. The Labute approximate surface area is 158 Å². The summed E-state index contributed by atoms with van der Waals surface area (Å²) < 4.78 is 33.9. The standard InChI is InChI=1S/C20H20N2O4S/c1-14-6-8-16(9-7-14)26-20(23)15-10-12-22(13-11-15)19-17-4-2-3-5-18(17)27(24,25)21-19/h2-9,15H,10-13H2,1H3. The summed E-state index contributed by atoms with van der Waals surface area (Å²) in [5, 5.41) is 0. The topological polar surface area (TPSA) is 76.0 Å². The molecule has 0 N–H and O–H groups in total. The van der Waals surface area contributed by atoms with E-state index in [9.17, 15) is 13.2 Å². The fraction of sp³-hybridized carbons (Fsp3) is 0.300. The van der Waals surface area contributed by atoms with E-state index in [2.05, 4.69) is 4.40 Å². The first-order chi connectivity index (χ1) is 12.9. The van der Waals surface area contributed by atoms with Gasteiger partial charge in [0.2, 0.25) is 0 Å². The lowest BCUT2D eigenvalue weighted by molar-refractivity contribution is -0.140. The number of aryl methyl sites for hydroxylation is 1. The van der Waals surface area contributed by atoms with Crippen molar-refractivity contribution in [2.24, 2.45) is 10.3 Å². The van der Waals surface area contributed by atoms with Crippen molar-refractivity contribution in [1.29, 1.82) is 0 Å². The van der Waals surface area contributed by atoms with Crippen LogP contribution in [0.4, 0.5) is 0 Å². The van der Waals surface area contributed by atoms with Crippen molar-refractivity contribution in [3.63, 3.8) is 0 Å². The van der Waals surface area contributed by atoms with Crippen molar-refractivity contribution >= 4 is 21.8 Å². The SMILES string of the molecule is Cc1ccc(OC(=O)C2CCN(C3=NS(=O)(=O)c4ccccc43)CC2)cc1. The Hall–Kier alpha value is -2.67. The van der Waals surface area contributed by atoms with Gasteiger partial charge in [-0.1, -0.05) is 29.8 Å². The van der Waals surface area contributed by atoms with Crippen LogP contribution in [0, 0.1) is 12.8 Å². The number of benzene rings is 2. The number of rotatable bonds is 2. The lowest BCUT2D eigenvalue weighted by Gasteiger charge is -2.32. The summed E-state index contributed by atoms with van der Waals surface area (Å²) >= 11 is 0. The van der Waals surface area contributed by atoms with E-state index in [1.807, 2.05) is 24.0 Å². The van der Waals surface area contributed by atoms with E-state index in [0.29, 0.717) is 43.1 Å². The van der Waals surface area contributed by atoms with Crippen LogP contribution in [0.25, 0.3) is 0 Å². The maximum Gasteiger partial charge on any atom is 0.314 e. The minimum absolute atomic E-state index is 0.198. The number of carbonyl (C=O) groups is 1. The fourth-order valence-electron chi connectivity index (χ4n) is 3.45. The Balaban J connectivity index is 1.42. The Bertz CT molecular complexity index is 1000. The number of amidine groups is 1. The van der Waals surface area contributed by atoms with Crippen molar-refractivity contribution < 1.29 is 17.9 Å². The van der Waals surface area contributed by atoms with E-state index in [-0.39, 0.29) is 16.8 Å². The minimum Gasteiger partial charge on any atom is -0.426 e. The molecule has 2 aromatic carbocycles. The van der Waals surface area contributed by atoms with Crippen LogP contribution in [0.2, 0.25) is 0 Å². The van der Waals surface area contributed by atoms with Gasteiger partial charge in [0.25, 0.3) is 10.0 Å². The zero-order valence-electron chi connectivity index (χ0n) is 15.0. The molecule has 0 amide bonds. The van der Waals surface area contributed by atoms with Crippen molar-refractivity contribution in [1.82, 2.24) is 4.90 Å². The zero-order chi connectivity index (χ0) is 19.0.